The topological polar surface area (TPSA) is 46.0 Å². The largest absolute Gasteiger partial charge is 0.351 e. The fraction of sp³-hybridized carbons (Fsp3) is 0.160. The van der Waals surface area contributed by atoms with Gasteiger partial charge in [-0.1, -0.05) is 17.7 Å². The molecule has 1 aliphatic heterocycles. The van der Waals surface area contributed by atoms with Gasteiger partial charge in [0.1, 0.15) is 0 Å². The minimum Gasteiger partial charge on any atom is -0.351 e. The highest BCUT2D eigenvalue weighted by Crippen LogP contribution is 2.43. The maximum absolute atomic E-state index is 6.16. The van der Waals surface area contributed by atoms with Crippen molar-refractivity contribution in [2.45, 2.75) is 25.9 Å². The van der Waals surface area contributed by atoms with E-state index in [2.05, 4.69) is 50.7 Å². The molecule has 0 aliphatic carbocycles. The van der Waals surface area contributed by atoms with Gasteiger partial charge in [-0.15, -0.1) is 0 Å². The number of aromatic nitrogens is 3. The molecular formula is C25H22ClN5S. The molecule has 3 aromatic heterocycles. The molecule has 1 fully saturated rings. The van der Waals surface area contributed by atoms with E-state index in [4.69, 9.17) is 23.8 Å². The lowest BCUT2D eigenvalue weighted by Crippen LogP contribution is -2.29. The van der Waals surface area contributed by atoms with E-state index < -0.39 is 0 Å². The average molecular weight is 460 g/mol. The van der Waals surface area contributed by atoms with Crippen molar-refractivity contribution < 1.29 is 0 Å². The van der Waals surface area contributed by atoms with Crippen molar-refractivity contribution in [2.75, 3.05) is 4.90 Å². The predicted octanol–water partition coefficient (Wildman–Crippen LogP) is 5.71. The summed E-state index contributed by atoms with van der Waals surface area (Å²) in [6, 6.07) is 19.9. The third kappa shape index (κ3) is 3.55. The molecule has 5 nitrogen and oxygen atoms in total. The van der Waals surface area contributed by atoms with Crippen molar-refractivity contribution >= 4 is 34.6 Å². The summed E-state index contributed by atoms with van der Waals surface area (Å²) in [5, 5.41) is 4.88. The molecule has 0 bridgehead atoms. The molecule has 2 atom stereocenters. The first kappa shape index (κ1) is 20.7. The van der Waals surface area contributed by atoms with Gasteiger partial charge in [-0.3, -0.25) is 9.97 Å². The van der Waals surface area contributed by atoms with E-state index in [1.54, 1.807) is 6.20 Å². The molecule has 5 rings (SSSR count). The van der Waals surface area contributed by atoms with Gasteiger partial charge in [0, 0.05) is 34.5 Å². The predicted molar refractivity (Wildman–Crippen MR) is 132 cm³/mol. The maximum atomic E-state index is 6.16. The summed E-state index contributed by atoms with van der Waals surface area (Å²) >= 11 is 12.0. The van der Waals surface area contributed by atoms with Crippen LogP contribution in [0.25, 0.3) is 5.69 Å². The van der Waals surface area contributed by atoms with Crippen LogP contribution in [0.5, 0.6) is 0 Å². The molecule has 160 valence electrons. The fourth-order valence-corrected chi connectivity index (χ4v) is 4.99. The Morgan fingerprint density at radius 3 is 2.47 bits per heavy atom. The van der Waals surface area contributed by atoms with Crippen molar-refractivity contribution in [1.82, 2.24) is 19.9 Å². The molecule has 0 saturated carbocycles. The van der Waals surface area contributed by atoms with Crippen molar-refractivity contribution in [3.8, 4) is 5.69 Å². The molecule has 1 N–H and O–H groups in total. The Labute approximate surface area is 197 Å². The lowest BCUT2D eigenvalue weighted by atomic mass is 9.96. The highest BCUT2D eigenvalue weighted by molar-refractivity contribution is 7.80. The van der Waals surface area contributed by atoms with Crippen molar-refractivity contribution in [2.24, 2.45) is 0 Å². The summed E-state index contributed by atoms with van der Waals surface area (Å²) in [6.45, 7) is 4.26. The van der Waals surface area contributed by atoms with Crippen LogP contribution in [0.1, 0.15) is 34.7 Å². The van der Waals surface area contributed by atoms with Gasteiger partial charge < -0.3 is 14.8 Å². The van der Waals surface area contributed by atoms with E-state index in [-0.39, 0.29) is 12.1 Å². The number of nitrogens with one attached hydrogen (secondary N) is 1. The lowest BCUT2D eigenvalue weighted by Gasteiger charge is -2.28. The number of nitrogens with zero attached hydrogens (tertiary/aromatic N) is 4. The third-order valence-electron chi connectivity index (χ3n) is 5.90. The van der Waals surface area contributed by atoms with Crippen LogP contribution in [0.15, 0.2) is 79.3 Å². The van der Waals surface area contributed by atoms with Gasteiger partial charge in [0.05, 0.1) is 29.7 Å². The molecular weight excluding hydrogens is 438 g/mol. The summed E-state index contributed by atoms with van der Waals surface area (Å²) in [4.78, 5) is 11.1. The summed E-state index contributed by atoms with van der Waals surface area (Å²) < 4.78 is 2.24. The summed E-state index contributed by atoms with van der Waals surface area (Å²) in [7, 11) is 0. The zero-order valence-corrected chi connectivity index (χ0v) is 19.3. The first-order chi connectivity index (χ1) is 15.5. The number of aryl methyl sites for hydroxylation is 1. The highest BCUT2D eigenvalue weighted by atomic mass is 35.5. The molecule has 32 heavy (non-hydrogen) atoms. The number of hydrogen-bond donors (Lipinski definition) is 1. The number of benzene rings is 1. The van der Waals surface area contributed by atoms with E-state index in [1.165, 1.54) is 5.56 Å². The summed E-state index contributed by atoms with van der Waals surface area (Å²) in [6.07, 6.45) is 5.49. The molecule has 0 spiro atoms. The Kier molecular flexibility index (Phi) is 5.41. The van der Waals surface area contributed by atoms with Crippen LogP contribution in [0.4, 0.5) is 5.69 Å². The molecule has 0 unspecified atom stereocenters. The van der Waals surface area contributed by atoms with Gasteiger partial charge in [0.15, 0.2) is 5.11 Å². The second-order valence-corrected chi connectivity index (χ2v) is 8.67. The molecule has 1 saturated heterocycles. The maximum Gasteiger partial charge on any atom is 0.174 e. The standard InChI is InChI=1S/C25H22ClN5S/c1-16-14-21(17(2)30(16)20-6-5-12-27-15-20)24-23(22-7-3-4-13-28-22)29-25(32)31(24)19-10-8-18(26)9-11-19/h3-15,23-24H,1-2H3,(H,29,32)/t23-,24+/m0/s1. The fourth-order valence-electron chi connectivity index (χ4n) is 4.52. The van der Waals surface area contributed by atoms with Crippen LogP contribution in [-0.2, 0) is 0 Å². The quantitative estimate of drug-likeness (QED) is 0.396. The average Bonchev–Trinajstić information content (AvgIpc) is 3.31. The third-order valence-corrected chi connectivity index (χ3v) is 6.46. The monoisotopic (exact) mass is 459 g/mol. The normalized spacial score (nSPS) is 18.1. The Morgan fingerprint density at radius 2 is 1.78 bits per heavy atom. The highest BCUT2D eigenvalue weighted by Gasteiger charge is 2.42. The van der Waals surface area contributed by atoms with Crippen LogP contribution in [0, 0.1) is 13.8 Å². The van der Waals surface area contributed by atoms with Gasteiger partial charge >= 0.3 is 0 Å². The number of rotatable bonds is 4. The van der Waals surface area contributed by atoms with Crippen LogP contribution >= 0.6 is 23.8 Å². The van der Waals surface area contributed by atoms with Gasteiger partial charge in [0.2, 0.25) is 0 Å². The Bertz CT molecular complexity index is 1260. The number of anilines is 1. The molecule has 7 heteroatoms. The van der Waals surface area contributed by atoms with Gasteiger partial charge in [-0.25, -0.2) is 0 Å². The van der Waals surface area contributed by atoms with E-state index in [1.807, 2.05) is 60.9 Å². The van der Waals surface area contributed by atoms with E-state index in [0.717, 1.165) is 28.5 Å². The van der Waals surface area contributed by atoms with E-state index in [0.29, 0.717) is 10.1 Å². The Morgan fingerprint density at radius 1 is 0.969 bits per heavy atom. The Balaban J connectivity index is 1.68. The van der Waals surface area contributed by atoms with Gasteiger partial charge in [0.25, 0.3) is 0 Å². The first-order valence-corrected chi connectivity index (χ1v) is 11.2. The summed E-state index contributed by atoms with van der Waals surface area (Å²) in [5.74, 6) is 0. The smallest absolute Gasteiger partial charge is 0.174 e. The summed E-state index contributed by atoms with van der Waals surface area (Å²) in [5.41, 5.74) is 6.44. The number of hydrogen-bond acceptors (Lipinski definition) is 3. The van der Waals surface area contributed by atoms with Crippen molar-refractivity contribution in [3.05, 3.63) is 107 Å². The minimum absolute atomic E-state index is 0.0739. The zero-order chi connectivity index (χ0) is 22.2. The molecule has 1 aliphatic rings. The molecule has 0 radical (unpaired) electrons. The van der Waals surface area contributed by atoms with Crippen LogP contribution in [0.3, 0.4) is 0 Å². The first-order valence-electron chi connectivity index (χ1n) is 10.4. The van der Waals surface area contributed by atoms with Crippen LogP contribution in [0.2, 0.25) is 5.02 Å². The van der Waals surface area contributed by atoms with E-state index in [9.17, 15) is 0 Å². The number of pyridine rings is 2. The number of halogens is 1. The molecule has 4 heterocycles. The van der Waals surface area contributed by atoms with Gasteiger partial charge in [-0.2, -0.15) is 0 Å². The zero-order valence-electron chi connectivity index (χ0n) is 17.7. The van der Waals surface area contributed by atoms with E-state index >= 15 is 0 Å². The molecule has 4 aromatic rings. The SMILES string of the molecule is Cc1cc([C@@H]2[C@H](c3ccccn3)NC(=S)N2c2ccc(Cl)cc2)c(C)n1-c1cccnc1. The molecule has 0 amide bonds. The van der Waals surface area contributed by atoms with Gasteiger partial charge in [-0.05, 0) is 86.2 Å². The van der Waals surface area contributed by atoms with Crippen LogP contribution in [-0.4, -0.2) is 19.6 Å². The second kappa shape index (κ2) is 8.37. The molecule has 1 aromatic carbocycles. The Hall–Kier alpha value is -3.22. The second-order valence-electron chi connectivity index (χ2n) is 7.85. The van der Waals surface area contributed by atoms with Crippen molar-refractivity contribution in [1.29, 1.82) is 0 Å². The van der Waals surface area contributed by atoms with Crippen LogP contribution < -0.4 is 10.2 Å². The number of thiocarbonyl (C=S) groups is 1. The minimum atomic E-state index is -0.0952. The van der Waals surface area contributed by atoms with Crippen molar-refractivity contribution in [3.63, 3.8) is 0 Å². The lowest BCUT2D eigenvalue weighted by molar-refractivity contribution is 0.565.